The van der Waals surface area contributed by atoms with Gasteiger partial charge in [-0.2, -0.15) is 0 Å². The van der Waals surface area contributed by atoms with E-state index in [4.69, 9.17) is 0 Å². The van der Waals surface area contributed by atoms with E-state index in [2.05, 4.69) is 0 Å². The van der Waals surface area contributed by atoms with Crippen LogP contribution >= 0.6 is 0 Å². The fraction of sp³-hybridized carbons (Fsp3) is 1.00. The zero-order valence-electron chi connectivity index (χ0n) is 7.69. The van der Waals surface area contributed by atoms with E-state index in [1.807, 2.05) is 21.1 Å². The Hall–Kier alpha value is -0.130. The third-order valence-electron chi connectivity index (χ3n) is 2.29. The molecule has 1 rings (SSSR count). The van der Waals surface area contributed by atoms with Crippen molar-refractivity contribution in [1.82, 2.24) is 0 Å². The van der Waals surface area contributed by atoms with Crippen molar-refractivity contribution >= 4 is 9.84 Å². The molecule has 0 aliphatic carbocycles. The van der Waals surface area contributed by atoms with Gasteiger partial charge in [-0.05, 0) is 0 Å². The van der Waals surface area contributed by atoms with Crippen molar-refractivity contribution < 1.29 is 18.0 Å². The van der Waals surface area contributed by atoms with Crippen molar-refractivity contribution in [3.05, 3.63) is 0 Å². The number of rotatable bonds is 1. The normalized spacial score (nSPS) is 35.3. The molecule has 0 spiro atoms. The molecular weight excluding hydrogens is 178 g/mol. The van der Waals surface area contributed by atoms with Crippen molar-refractivity contribution in [2.45, 2.75) is 12.1 Å². The van der Waals surface area contributed by atoms with Gasteiger partial charge >= 0.3 is 0 Å². The Labute approximate surface area is 73.3 Å². The van der Waals surface area contributed by atoms with Gasteiger partial charge in [-0.15, -0.1) is 0 Å². The number of quaternary nitrogens is 1. The quantitative estimate of drug-likeness (QED) is 0.536. The van der Waals surface area contributed by atoms with Gasteiger partial charge in [0.2, 0.25) is 0 Å². The molecule has 0 amide bonds. The SMILES string of the molecule is C[N+](C)(C)C1CS(=O)(=O)CC1O. The maximum Gasteiger partial charge on any atom is 0.159 e. The van der Waals surface area contributed by atoms with Crippen LogP contribution in [0.25, 0.3) is 0 Å². The Morgan fingerprint density at radius 1 is 1.25 bits per heavy atom. The molecule has 12 heavy (non-hydrogen) atoms. The molecule has 2 unspecified atom stereocenters. The number of likely N-dealkylation sites (N-methyl/N-ethyl adjacent to an activating group) is 1. The van der Waals surface area contributed by atoms with Gasteiger partial charge < -0.3 is 9.59 Å². The minimum atomic E-state index is -2.99. The first-order valence-electron chi connectivity index (χ1n) is 3.92. The van der Waals surface area contributed by atoms with E-state index in [0.29, 0.717) is 4.48 Å². The summed E-state index contributed by atoms with van der Waals surface area (Å²) < 4.78 is 22.8. The highest BCUT2D eigenvalue weighted by atomic mass is 32.2. The van der Waals surface area contributed by atoms with E-state index >= 15 is 0 Å². The van der Waals surface area contributed by atoms with Crippen LogP contribution in [0.15, 0.2) is 0 Å². The van der Waals surface area contributed by atoms with Gasteiger partial charge in [-0.1, -0.05) is 0 Å². The average molecular weight is 194 g/mol. The first kappa shape index (κ1) is 9.95. The van der Waals surface area contributed by atoms with Crippen LogP contribution in [0, 0.1) is 0 Å². The van der Waals surface area contributed by atoms with Gasteiger partial charge in [0.25, 0.3) is 0 Å². The summed E-state index contributed by atoms with van der Waals surface area (Å²) in [5, 5.41) is 9.47. The minimum absolute atomic E-state index is 0.0762. The van der Waals surface area contributed by atoms with Crippen molar-refractivity contribution in [3.8, 4) is 0 Å². The second kappa shape index (κ2) is 2.68. The first-order chi connectivity index (χ1) is 5.22. The highest BCUT2D eigenvalue weighted by Gasteiger charge is 2.44. The topological polar surface area (TPSA) is 54.4 Å². The lowest BCUT2D eigenvalue weighted by Gasteiger charge is -2.32. The number of nitrogens with zero attached hydrogens (tertiary/aromatic N) is 1. The average Bonchev–Trinajstić information content (AvgIpc) is 2.03. The van der Waals surface area contributed by atoms with Crippen LogP contribution in [0.5, 0.6) is 0 Å². The molecule has 0 radical (unpaired) electrons. The molecule has 0 aromatic rings. The lowest BCUT2D eigenvalue weighted by atomic mass is 10.2. The summed E-state index contributed by atoms with van der Waals surface area (Å²) in [6.45, 7) is 0. The van der Waals surface area contributed by atoms with Gasteiger partial charge in [0.05, 0.1) is 26.9 Å². The molecule has 1 aliphatic rings. The molecule has 5 heteroatoms. The molecule has 0 aromatic heterocycles. The number of aliphatic hydroxyl groups excluding tert-OH is 1. The van der Waals surface area contributed by atoms with Crippen molar-refractivity contribution in [1.29, 1.82) is 0 Å². The zero-order valence-corrected chi connectivity index (χ0v) is 8.50. The predicted octanol–water partition coefficient (Wildman–Crippen LogP) is -1.15. The van der Waals surface area contributed by atoms with E-state index in [-0.39, 0.29) is 17.5 Å². The maximum absolute atomic E-state index is 11.1. The predicted molar refractivity (Wildman–Crippen MR) is 46.5 cm³/mol. The molecule has 0 bridgehead atoms. The van der Waals surface area contributed by atoms with Crippen molar-refractivity contribution in [2.75, 3.05) is 32.6 Å². The Morgan fingerprint density at radius 3 is 1.92 bits per heavy atom. The summed E-state index contributed by atoms with van der Waals surface area (Å²) >= 11 is 0. The van der Waals surface area contributed by atoms with Crippen molar-refractivity contribution in [2.24, 2.45) is 0 Å². The van der Waals surface area contributed by atoms with Crippen LogP contribution in [0.3, 0.4) is 0 Å². The van der Waals surface area contributed by atoms with E-state index in [9.17, 15) is 13.5 Å². The van der Waals surface area contributed by atoms with E-state index in [1.54, 1.807) is 0 Å². The molecule has 1 fully saturated rings. The molecule has 1 saturated heterocycles. The highest BCUT2D eigenvalue weighted by Crippen LogP contribution is 2.19. The summed E-state index contributed by atoms with van der Waals surface area (Å²) in [4.78, 5) is 0. The third-order valence-corrected chi connectivity index (χ3v) is 3.99. The first-order valence-corrected chi connectivity index (χ1v) is 5.74. The fourth-order valence-electron chi connectivity index (χ4n) is 1.55. The molecule has 1 aliphatic heterocycles. The van der Waals surface area contributed by atoms with Crippen molar-refractivity contribution in [3.63, 3.8) is 0 Å². The Bertz CT molecular complexity index is 265. The fourth-order valence-corrected chi connectivity index (χ4v) is 3.62. The van der Waals surface area contributed by atoms with E-state index in [1.165, 1.54) is 0 Å². The van der Waals surface area contributed by atoms with E-state index in [0.717, 1.165) is 0 Å². The number of aliphatic hydroxyl groups is 1. The number of sulfone groups is 1. The lowest BCUT2D eigenvalue weighted by molar-refractivity contribution is -0.896. The minimum Gasteiger partial charge on any atom is -0.386 e. The van der Waals surface area contributed by atoms with Crippen LogP contribution in [-0.2, 0) is 9.84 Å². The number of hydrogen-bond donors (Lipinski definition) is 1. The molecule has 72 valence electrons. The molecule has 2 atom stereocenters. The Balaban J connectivity index is 2.85. The largest absolute Gasteiger partial charge is 0.386 e. The van der Waals surface area contributed by atoms with Crippen LogP contribution < -0.4 is 0 Å². The molecule has 0 saturated carbocycles. The maximum atomic E-state index is 11.1. The van der Waals surface area contributed by atoms with Crippen LogP contribution in [0.1, 0.15) is 0 Å². The summed E-state index contributed by atoms with van der Waals surface area (Å²) in [5.41, 5.74) is 0. The van der Waals surface area contributed by atoms with Crippen LogP contribution in [-0.4, -0.2) is 62.8 Å². The molecule has 4 nitrogen and oxygen atoms in total. The van der Waals surface area contributed by atoms with Gasteiger partial charge in [0, 0.05) is 0 Å². The summed E-state index contributed by atoms with van der Waals surface area (Å²) in [7, 11) is 2.70. The second-order valence-corrected chi connectivity index (χ2v) is 6.48. The summed E-state index contributed by atoms with van der Waals surface area (Å²) in [5.74, 6) is 0.0326. The smallest absolute Gasteiger partial charge is 0.159 e. The third kappa shape index (κ3) is 1.97. The number of hydrogen-bond acceptors (Lipinski definition) is 3. The highest BCUT2D eigenvalue weighted by molar-refractivity contribution is 7.91. The summed E-state index contributed by atoms with van der Waals surface area (Å²) in [6, 6.07) is -0.171. The van der Waals surface area contributed by atoms with Gasteiger partial charge in [0.15, 0.2) is 9.84 Å². The van der Waals surface area contributed by atoms with Gasteiger partial charge in [-0.3, -0.25) is 0 Å². The van der Waals surface area contributed by atoms with Gasteiger partial charge in [0.1, 0.15) is 17.9 Å². The summed E-state index contributed by atoms with van der Waals surface area (Å²) in [6.07, 6.45) is -0.699. The Morgan fingerprint density at radius 2 is 1.75 bits per heavy atom. The molecule has 1 heterocycles. The monoisotopic (exact) mass is 194 g/mol. The Kier molecular flexibility index (Phi) is 2.22. The van der Waals surface area contributed by atoms with Crippen LogP contribution in [0.4, 0.5) is 0 Å². The molecule has 1 N–H and O–H groups in total. The second-order valence-electron chi connectivity index (χ2n) is 4.33. The van der Waals surface area contributed by atoms with Gasteiger partial charge in [-0.25, -0.2) is 8.42 Å². The standard InChI is InChI=1S/C7H16NO3S/c1-8(2,3)6-4-12(10,11)5-7(6)9/h6-7,9H,4-5H2,1-3H3/q+1. The molecular formula is C7H16NO3S+. The van der Waals surface area contributed by atoms with E-state index < -0.39 is 15.9 Å². The lowest BCUT2D eigenvalue weighted by Crippen LogP contribution is -2.51. The zero-order chi connectivity index (χ0) is 9.57. The molecule has 0 aromatic carbocycles. The van der Waals surface area contributed by atoms with Crippen LogP contribution in [0.2, 0.25) is 0 Å².